The number of aliphatic hydroxyl groups is 1. The summed E-state index contributed by atoms with van der Waals surface area (Å²) >= 11 is 0. The summed E-state index contributed by atoms with van der Waals surface area (Å²) in [5.41, 5.74) is -2.27. The van der Waals surface area contributed by atoms with Crippen LogP contribution < -0.4 is 0 Å². The minimum atomic E-state index is -4.88. The van der Waals surface area contributed by atoms with Crippen LogP contribution in [0.3, 0.4) is 0 Å². The molecule has 8 heteroatoms. The van der Waals surface area contributed by atoms with Crippen molar-refractivity contribution in [2.24, 2.45) is 0 Å². The van der Waals surface area contributed by atoms with Gasteiger partial charge in [0.25, 0.3) is 0 Å². The second-order valence-corrected chi connectivity index (χ2v) is 6.40. The van der Waals surface area contributed by atoms with Crippen molar-refractivity contribution in [3.8, 4) is 5.69 Å². The molecule has 0 unspecified atom stereocenters. The quantitative estimate of drug-likeness (QED) is 0.787. The smallest absolute Gasteiger partial charge is 0.374 e. The molecule has 0 saturated heterocycles. The largest absolute Gasteiger partial charge is 0.424 e. The zero-order valence-corrected chi connectivity index (χ0v) is 13.3. The van der Waals surface area contributed by atoms with Gasteiger partial charge in [0.15, 0.2) is 11.6 Å². The average molecular weight is 348 g/mol. The fourth-order valence-corrected chi connectivity index (χ4v) is 2.71. The molecule has 1 atom stereocenters. The molecule has 0 radical (unpaired) electrons. The number of rotatable bonds is 3. The van der Waals surface area contributed by atoms with E-state index in [4.69, 9.17) is 0 Å². The van der Waals surface area contributed by atoms with Crippen molar-refractivity contribution in [1.82, 2.24) is 19.7 Å². The molecule has 2 aromatic heterocycles. The average Bonchev–Trinajstić information content (AvgIpc) is 3.32. The molecule has 1 saturated carbocycles. The van der Waals surface area contributed by atoms with E-state index in [9.17, 15) is 18.3 Å². The first-order valence-electron chi connectivity index (χ1n) is 7.89. The van der Waals surface area contributed by atoms with Gasteiger partial charge in [0, 0.05) is 17.5 Å². The molecule has 130 valence electrons. The Morgan fingerprint density at radius 2 is 1.88 bits per heavy atom. The molecule has 1 aromatic carbocycles. The fraction of sp³-hybridized carbons (Fsp3) is 0.353. The molecule has 5 nitrogen and oxygen atoms in total. The second-order valence-electron chi connectivity index (χ2n) is 6.40. The second kappa shape index (κ2) is 5.26. The van der Waals surface area contributed by atoms with E-state index in [0.717, 1.165) is 22.9 Å². The molecule has 3 aromatic rings. The number of nitrogens with zero attached hydrogens (tertiary/aromatic N) is 4. The first-order valence-corrected chi connectivity index (χ1v) is 7.89. The summed E-state index contributed by atoms with van der Waals surface area (Å²) in [6.07, 6.45) is -1.64. The molecule has 1 N–H and O–H groups in total. The standard InChI is InChI=1S/C17H15F3N4O/c1-16(25,17(18,19)20)15-22-14(11-7-8-11)23-24(15)12-6-2-4-10-5-3-9-21-13(10)12/h2-6,9,11,25H,7-8H2,1H3/t16-/m0/s1. The van der Waals surface area contributed by atoms with Crippen LogP contribution in [0.1, 0.15) is 37.3 Å². The molecule has 25 heavy (non-hydrogen) atoms. The lowest BCUT2D eigenvalue weighted by Gasteiger charge is -2.25. The highest BCUT2D eigenvalue weighted by Gasteiger charge is 2.55. The molecule has 0 amide bonds. The molecular weight excluding hydrogens is 333 g/mol. The normalized spacial score (nSPS) is 17.6. The summed E-state index contributed by atoms with van der Waals surface area (Å²) in [5.74, 6) is -0.167. The van der Waals surface area contributed by atoms with Crippen LogP contribution in [0.2, 0.25) is 0 Å². The summed E-state index contributed by atoms with van der Waals surface area (Å²) in [4.78, 5) is 8.31. The Morgan fingerprint density at radius 1 is 1.16 bits per heavy atom. The maximum atomic E-state index is 13.4. The number of halogens is 3. The Bertz CT molecular complexity index is 939. The summed E-state index contributed by atoms with van der Waals surface area (Å²) in [5, 5.41) is 15.2. The summed E-state index contributed by atoms with van der Waals surface area (Å²) in [6.45, 7) is 0.697. The molecule has 1 fully saturated rings. The first kappa shape index (κ1) is 16.0. The lowest BCUT2D eigenvalue weighted by Crippen LogP contribution is -2.41. The van der Waals surface area contributed by atoms with Gasteiger partial charge >= 0.3 is 6.18 Å². The van der Waals surface area contributed by atoms with Crippen molar-refractivity contribution in [2.45, 2.75) is 37.5 Å². The molecular formula is C17H15F3N4O. The van der Waals surface area contributed by atoms with E-state index in [1.165, 1.54) is 0 Å². The fourth-order valence-electron chi connectivity index (χ4n) is 2.71. The third kappa shape index (κ3) is 2.57. The Labute approximate surface area is 141 Å². The van der Waals surface area contributed by atoms with Crippen LogP contribution in [0.25, 0.3) is 16.6 Å². The van der Waals surface area contributed by atoms with Crippen LogP contribution in [0.15, 0.2) is 36.5 Å². The number of benzene rings is 1. The summed E-state index contributed by atoms with van der Waals surface area (Å²) in [7, 11) is 0. The lowest BCUT2D eigenvalue weighted by molar-refractivity contribution is -0.262. The molecule has 1 aliphatic rings. The number of fused-ring (bicyclic) bond motifs is 1. The molecule has 0 bridgehead atoms. The zero-order valence-electron chi connectivity index (χ0n) is 13.3. The van der Waals surface area contributed by atoms with Gasteiger partial charge in [-0.15, -0.1) is 0 Å². The van der Waals surface area contributed by atoms with E-state index >= 15 is 0 Å². The molecule has 4 rings (SSSR count). The zero-order chi connectivity index (χ0) is 17.8. The molecule has 0 spiro atoms. The SMILES string of the molecule is C[C@](O)(c1nc(C2CC2)nn1-c1cccc2cccnc12)C(F)(F)F. The van der Waals surface area contributed by atoms with Gasteiger partial charge in [0.1, 0.15) is 0 Å². The van der Waals surface area contributed by atoms with Crippen LogP contribution in [-0.2, 0) is 5.60 Å². The van der Waals surface area contributed by atoms with Crippen LogP contribution >= 0.6 is 0 Å². The molecule has 1 aliphatic carbocycles. The molecule has 2 heterocycles. The van der Waals surface area contributed by atoms with E-state index in [1.807, 2.05) is 12.1 Å². The highest BCUT2D eigenvalue weighted by atomic mass is 19.4. The van der Waals surface area contributed by atoms with E-state index in [-0.39, 0.29) is 5.92 Å². The number of aromatic nitrogens is 4. The maximum Gasteiger partial charge on any atom is 0.424 e. The van der Waals surface area contributed by atoms with Crippen molar-refractivity contribution in [3.63, 3.8) is 0 Å². The Morgan fingerprint density at radius 3 is 2.56 bits per heavy atom. The van der Waals surface area contributed by atoms with Crippen molar-refractivity contribution in [3.05, 3.63) is 48.2 Å². The molecule has 0 aliphatic heterocycles. The predicted octanol–water partition coefficient (Wildman–Crippen LogP) is 3.46. The number of hydrogen-bond donors (Lipinski definition) is 1. The van der Waals surface area contributed by atoms with E-state index in [2.05, 4.69) is 15.1 Å². The van der Waals surface area contributed by atoms with Gasteiger partial charge in [0.05, 0.1) is 11.2 Å². The number of para-hydroxylation sites is 1. The number of hydrogen-bond acceptors (Lipinski definition) is 4. The van der Waals surface area contributed by atoms with Crippen LogP contribution in [-0.4, -0.2) is 31.0 Å². The van der Waals surface area contributed by atoms with Crippen LogP contribution in [0, 0.1) is 0 Å². The van der Waals surface area contributed by atoms with Gasteiger partial charge in [0.2, 0.25) is 5.60 Å². The van der Waals surface area contributed by atoms with Crippen molar-refractivity contribution in [2.75, 3.05) is 0 Å². The van der Waals surface area contributed by atoms with Gasteiger partial charge in [-0.3, -0.25) is 4.98 Å². The van der Waals surface area contributed by atoms with Gasteiger partial charge in [-0.2, -0.15) is 18.3 Å². The number of pyridine rings is 1. The van der Waals surface area contributed by atoms with Gasteiger partial charge in [-0.05, 0) is 31.9 Å². The minimum absolute atomic E-state index is 0.0481. The third-order valence-electron chi connectivity index (χ3n) is 4.39. The van der Waals surface area contributed by atoms with Gasteiger partial charge in [-0.1, -0.05) is 18.2 Å². The summed E-state index contributed by atoms with van der Waals surface area (Å²) < 4.78 is 41.3. The highest BCUT2D eigenvalue weighted by molar-refractivity contribution is 5.86. The lowest BCUT2D eigenvalue weighted by atomic mass is 10.1. The van der Waals surface area contributed by atoms with Crippen LogP contribution in [0.5, 0.6) is 0 Å². The van der Waals surface area contributed by atoms with Crippen molar-refractivity contribution >= 4 is 10.9 Å². The number of alkyl halides is 3. The Balaban J connectivity index is 1.98. The van der Waals surface area contributed by atoms with Crippen LogP contribution in [0.4, 0.5) is 13.2 Å². The first-order chi connectivity index (χ1) is 11.8. The van der Waals surface area contributed by atoms with E-state index in [0.29, 0.717) is 24.0 Å². The highest BCUT2D eigenvalue weighted by Crippen LogP contribution is 2.42. The summed E-state index contributed by atoms with van der Waals surface area (Å²) in [6, 6.07) is 8.70. The van der Waals surface area contributed by atoms with Crippen molar-refractivity contribution in [1.29, 1.82) is 0 Å². The monoisotopic (exact) mass is 348 g/mol. The maximum absolute atomic E-state index is 13.4. The minimum Gasteiger partial charge on any atom is -0.374 e. The Hall–Kier alpha value is -2.48. The van der Waals surface area contributed by atoms with Gasteiger partial charge in [-0.25, -0.2) is 9.67 Å². The van der Waals surface area contributed by atoms with Crippen molar-refractivity contribution < 1.29 is 18.3 Å². The topological polar surface area (TPSA) is 63.8 Å². The Kier molecular flexibility index (Phi) is 3.37. The third-order valence-corrected chi connectivity index (χ3v) is 4.39. The predicted molar refractivity (Wildman–Crippen MR) is 84.3 cm³/mol. The van der Waals surface area contributed by atoms with E-state index in [1.54, 1.807) is 24.4 Å². The van der Waals surface area contributed by atoms with E-state index < -0.39 is 17.6 Å². The van der Waals surface area contributed by atoms with Gasteiger partial charge < -0.3 is 5.11 Å².